The summed E-state index contributed by atoms with van der Waals surface area (Å²) in [6.07, 6.45) is -1.04. The number of para-hydroxylation sites is 1. The van der Waals surface area contributed by atoms with Gasteiger partial charge < -0.3 is 14.7 Å². The molecule has 0 aliphatic carbocycles. The topological polar surface area (TPSA) is 97.6 Å². The minimum Gasteiger partial charge on any atom is -0.479 e. The molecule has 142 valence electrons. The van der Waals surface area contributed by atoms with Crippen LogP contribution in [0.4, 0.5) is 0 Å². The van der Waals surface area contributed by atoms with E-state index in [9.17, 15) is 9.59 Å². The third-order valence-corrected chi connectivity index (χ3v) is 4.46. The van der Waals surface area contributed by atoms with Crippen molar-refractivity contribution in [3.63, 3.8) is 0 Å². The Kier molecular flexibility index (Phi) is 4.86. The molecule has 1 fully saturated rings. The molecule has 1 N–H and O–H groups in total. The Morgan fingerprint density at radius 2 is 1.71 bits per heavy atom. The van der Waals surface area contributed by atoms with Crippen molar-refractivity contribution < 1.29 is 19.4 Å². The number of benzene rings is 2. The lowest BCUT2D eigenvalue weighted by Gasteiger charge is -2.29. The van der Waals surface area contributed by atoms with Crippen LogP contribution in [0.5, 0.6) is 0 Å². The molecule has 0 bridgehead atoms. The van der Waals surface area contributed by atoms with E-state index < -0.39 is 18.0 Å². The molecule has 1 saturated heterocycles. The van der Waals surface area contributed by atoms with E-state index in [4.69, 9.17) is 9.84 Å². The number of ether oxygens (including phenoxy) is 1. The van der Waals surface area contributed by atoms with Crippen LogP contribution < -0.4 is 0 Å². The fourth-order valence-corrected chi connectivity index (χ4v) is 3.05. The maximum atomic E-state index is 12.9. The van der Waals surface area contributed by atoms with Gasteiger partial charge in [-0.25, -0.2) is 14.5 Å². The third-order valence-electron chi connectivity index (χ3n) is 4.46. The molecule has 1 atom stereocenters. The molecule has 2 heterocycles. The summed E-state index contributed by atoms with van der Waals surface area (Å²) in [7, 11) is 0. The minimum absolute atomic E-state index is 0.0220. The summed E-state index contributed by atoms with van der Waals surface area (Å²) < 4.78 is 6.81. The van der Waals surface area contributed by atoms with Gasteiger partial charge in [-0.3, -0.25) is 4.79 Å². The first-order chi connectivity index (χ1) is 13.6. The van der Waals surface area contributed by atoms with Crippen molar-refractivity contribution in [1.82, 2.24) is 19.7 Å². The van der Waals surface area contributed by atoms with Gasteiger partial charge in [0.1, 0.15) is 0 Å². The molecule has 1 unspecified atom stereocenters. The van der Waals surface area contributed by atoms with Crippen LogP contribution in [-0.4, -0.2) is 62.4 Å². The van der Waals surface area contributed by atoms with E-state index in [1.54, 1.807) is 4.68 Å². The second-order valence-corrected chi connectivity index (χ2v) is 6.32. The van der Waals surface area contributed by atoms with Crippen molar-refractivity contribution in [2.24, 2.45) is 0 Å². The zero-order valence-electron chi connectivity index (χ0n) is 14.9. The Morgan fingerprint density at radius 1 is 1.04 bits per heavy atom. The van der Waals surface area contributed by atoms with E-state index in [1.165, 1.54) is 4.90 Å². The minimum atomic E-state index is -1.09. The number of nitrogens with zero attached hydrogens (tertiary/aromatic N) is 4. The van der Waals surface area contributed by atoms with Gasteiger partial charge in [-0.15, -0.1) is 5.10 Å². The highest BCUT2D eigenvalue weighted by molar-refractivity contribution is 5.91. The molecular formula is C20H18N4O4. The number of rotatable bonds is 4. The van der Waals surface area contributed by atoms with Crippen molar-refractivity contribution >= 4 is 11.9 Å². The highest BCUT2D eigenvalue weighted by Crippen LogP contribution is 2.22. The highest BCUT2D eigenvalue weighted by atomic mass is 16.5. The molecule has 0 radical (unpaired) electrons. The Balaban J connectivity index is 1.71. The molecule has 2 aromatic carbocycles. The molecule has 0 saturated carbocycles. The Hall–Kier alpha value is -3.52. The predicted molar refractivity (Wildman–Crippen MR) is 100 cm³/mol. The van der Waals surface area contributed by atoms with Crippen molar-refractivity contribution in [3.8, 4) is 17.1 Å². The van der Waals surface area contributed by atoms with Crippen LogP contribution in [0.2, 0.25) is 0 Å². The number of carbonyl (C=O) groups excluding carboxylic acids is 1. The fourth-order valence-electron chi connectivity index (χ4n) is 3.05. The lowest BCUT2D eigenvalue weighted by molar-refractivity contribution is -0.154. The normalized spacial score (nSPS) is 16.7. The van der Waals surface area contributed by atoms with Gasteiger partial charge in [0.15, 0.2) is 11.9 Å². The van der Waals surface area contributed by atoms with Crippen LogP contribution in [0.3, 0.4) is 0 Å². The number of aliphatic carboxylic acids is 1. The SMILES string of the molecule is O=C(O)C1CN(C(=O)c2nc(-c3ccccc3)n(-c3ccccc3)n2)CCO1. The van der Waals surface area contributed by atoms with Crippen molar-refractivity contribution in [1.29, 1.82) is 0 Å². The molecule has 1 aliphatic heterocycles. The van der Waals surface area contributed by atoms with Crippen LogP contribution in [0.25, 0.3) is 17.1 Å². The summed E-state index contributed by atoms with van der Waals surface area (Å²) >= 11 is 0. The smallest absolute Gasteiger partial charge is 0.334 e. The number of aromatic nitrogens is 3. The number of carboxylic acids is 1. The van der Waals surface area contributed by atoms with E-state index in [1.807, 2.05) is 60.7 Å². The van der Waals surface area contributed by atoms with Gasteiger partial charge >= 0.3 is 5.97 Å². The molecule has 28 heavy (non-hydrogen) atoms. The molecule has 4 rings (SSSR count). The summed E-state index contributed by atoms with van der Waals surface area (Å²) in [6.45, 7) is 0.422. The average Bonchev–Trinajstić information content (AvgIpc) is 3.20. The zero-order valence-corrected chi connectivity index (χ0v) is 14.9. The third kappa shape index (κ3) is 3.49. The van der Waals surface area contributed by atoms with Gasteiger partial charge in [-0.05, 0) is 12.1 Å². The maximum Gasteiger partial charge on any atom is 0.334 e. The second kappa shape index (κ2) is 7.61. The summed E-state index contributed by atoms with van der Waals surface area (Å²) in [5.74, 6) is -0.946. The van der Waals surface area contributed by atoms with Gasteiger partial charge in [0.05, 0.1) is 18.8 Å². The maximum absolute atomic E-state index is 12.9. The molecule has 1 aliphatic rings. The molecule has 8 nitrogen and oxygen atoms in total. The monoisotopic (exact) mass is 378 g/mol. The Bertz CT molecular complexity index is 931. The van der Waals surface area contributed by atoms with Crippen LogP contribution in [0, 0.1) is 0 Å². The average molecular weight is 378 g/mol. The molecule has 3 aromatic rings. The second-order valence-electron chi connectivity index (χ2n) is 6.32. The van der Waals surface area contributed by atoms with Crippen LogP contribution in [0.15, 0.2) is 60.7 Å². The quantitative estimate of drug-likeness (QED) is 0.744. The first-order valence-corrected chi connectivity index (χ1v) is 8.85. The summed E-state index contributed by atoms with van der Waals surface area (Å²) in [5, 5.41) is 13.6. The van der Waals surface area contributed by atoms with Gasteiger partial charge in [0, 0.05) is 12.1 Å². The van der Waals surface area contributed by atoms with E-state index in [0.717, 1.165) is 11.3 Å². The summed E-state index contributed by atoms with van der Waals surface area (Å²) in [4.78, 5) is 30.0. The zero-order chi connectivity index (χ0) is 19.5. The molecule has 1 aromatic heterocycles. The number of carboxylic acid groups (broad SMARTS) is 1. The van der Waals surface area contributed by atoms with E-state index >= 15 is 0 Å². The molecule has 1 amide bonds. The predicted octanol–water partition coefficient (Wildman–Crippen LogP) is 1.86. The molecule has 0 spiro atoms. The number of carbonyl (C=O) groups is 2. The van der Waals surface area contributed by atoms with Crippen molar-refractivity contribution in [3.05, 3.63) is 66.5 Å². The molecule has 8 heteroatoms. The van der Waals surface area contributed by atoms with Gasteiger partial charge in [0.2, 0.25) is 5.82 Å². The number of amides is 1. The Morgan fingerprint density at radius 3 is 2.39 bits per heavy atom. The standard InChI is InChI=1S/C20H18N4O4/c25-19(23-11-12-28-16(13-23)20(26)27)17-21-18(14-7-3-1-4-8-14)24(22-17)15-9-5-2-6-10-15/h1-10,16H,11-13H2,(H,26,27). The van der Waals surface area contributed by atoms with Gasteiger partial charge in [0.25, 0.3) is 5.91 Å². The van der Waals surface area contributed by atoms with Crippen molar-refractivity contribution in [2.45, 2.75) is 6.10 Å². The van der Waals surface area contributed by atoms with Crippen LogP contribution in [-0.2, 0) is 9.53 Å². The first-order valence-electron chi connectivity index (χ1n) is 8.85. The number of hydrogen-bond acceptors (Lipinski definition) is 5. The Labute approximate surface area is 161 Å². The van der Waals surface area contributed by atoms with Gasteiger partial charge in [-0.1, -0.05) is 48.5 Å². The highest BCUT2D eigenvalue weighted by Gasteiger charge is 2.31. The van der Waals surface area contributed by atoms with Crippen molar-refractivity contribution in [2.75, 3.05) is 19.7 Å². The van der Waals surface area contributed by atoms with Crippen LogP contribution >= 0.6 is 0 Å². The van der Waals surface area contributed by atoms with E-state index in [2.05, 4.69) is 10.1 Å². The van der Waals surface area contributed by atoms with E-state index in [-0.39, 0.29) is 19.0 Å². The lowest BCUT2D eigenvalue weighted by atomic mass is 10.2. The first kappa shape index (κ1) is 17.9. The molecular weight excluding hydrogens is 360 g/mol. The lowest BCUT2D eigenvalue weighted by Crippen LogP contribution is -2.48. The number of hydrogen-bond donors (Lipinski definition) is 1. The number of morpholine rings is 1. The summed E-state index contributed by atoms with van der Waals surface area (Å²) in [5.41, 5.74) is 1.60. The van der Waals surface area contributed by atoms with Gasteiger partial charge in [-0.2, -0.15) is 0 Å². The summed E-state index contributed by atoms with van der Waals surface area (Å²) in [6, 6.07) is 18.9. The van der Waals surface area contributed by atoms with Crippen LogP contribution in [0.1, 0.15) is 10.6 Å². The van der Waals surface area contributed by atoms with E-state index in [0.29, 0.717) is 12.4 Å². The largest absolute Gasteiger partial charge is 0.479 e. The fraction of sp³-hybridized carbons (Fsp3) is 0.200.